The SMILES string of the molecule is CCOP(=O)(CC)COC(=O)NCc1ccc(C(=O)Nc2cc(-c3cccs3)ccc2N)cc1. The lowest BCUT2D eigenvalue weighted by Crippen LogP contribution is -2.24. The van der Waals surface area contributed by atoms with Crippen LogP contribution in [0.2, 0.25) is 0 Å². The largest absolute Gasteiger partial charge is 0.439 e. The van der Waals surface area contributed by atoms with Crippen LogP contribution in [0, 0.1) is 0 Å². The minimum absolute atomic E-state index is 0.196. The summed E-state index contributed by atoms with van der Waals surface area (Å²) in [4.78, 5) is 25.7. The zero-order valence-electron chi connectivity index (χ0n) is 19.1. The number of nitrogens with one attached hydrogen (secondary N) is 2. The molecule has 1 aromatic heterocycles. The van der Waals surface area contributed by atoms with Crippen LogP contribution in [-0.2, 0) is 20.4 Å². The highest BCUT2D eigenvalue weighted by Gasteiger charge is 2.22. The van der Waals surface area contributed by atoms with Crippen molar-refractivity contribution in [1.29, 1.82) is 0 Å². The number of carbonyl (C=O) groups excluding carboxylic acids is 2. The number of hydrogen-bond donors (Lipinski definition) is 3. The van der Waals surface area contributed by atoms with Crippen LogP contribution in [0.1, 0.15) is 29.8 Å². The minimum atomic E-state index is -2.95. The van der Waals surface area contributed by atoms with Crippen LogP contribution in [0.5, 0.6) is 0 Å². The highest BCUT2D eigenvalue weighted by Crippen LogP contribution is 2.46. The monoisotopic (exact) mass is 501 g/mol. The number of hydrogen-bond acceptors (Lipinski definition) is 7. The molecule has 0 saturated heterocycles. The number of rotatable bonds is 10. The smallest absolute Gasteiger partial charge is 0.407 e. The van der Waals surface area contributed by atoms with Gasteiger partial charge in [0, 0.05) is 23.1 Å². The molecule has 3 rings (SSSR count). The van der Waals surface area contributed by atoms with Gasteiger partial charge in [0.05, 0.1) is 18.0 Å². The number of anilines is 2. The zero-order valence-corrected chi connectivity index (χ0v) is 20.8. The minimum Gasteiger partial charge on any atom is -0.439 e. The molecule has 34 heavy (non-hydrogen) atoms. The Labute approximate surface area is 202 Å². The van der Waals surface area contributed by atoms with E-state index in [0.29, 0.717) is 29.7 Å². The Morgan fingerprint density at radius 3 is 2.50 bits per heavy atom. The molecule has 0 spiro atoms. The van der Waals surface area contributed by atoms with Crippen LogP contribution in [-0.4, -0.2) is 31.1 Å². The molecule has 0 bridgehead atoms. The number of amides is 2. The molecule has 0 aliphatic rings. The Bertz CT molecular complexity index is 1170. The first-order valence-corrected chi connectivity index (χ1v) is 13.7. The van der Waals surface area contributed by atoms with Gasteiger partial charge in [0.25, 0.3) is 5.91 Å². The second kappa shape index (κ2) is 11.8. The van der Waals surface area contributed by atoms with E-state index in [1.54, 1.807) is 55.5 Å². The van der Waals surface area contributed by atoms with Crippen LogP contribution in [0.25, 0.3) is 10.4 Å². The molecule has 180 valence electrons. The molecule has 10 heteroatoms. The Balaban J connectivity index is 1.54. The highest BCUT2D eigenvalue weighted by atomic mass is 32.1. The van der Waals surface area contributed by atoms with Gasteiger partial charge in [0.15, 0.2) is 6.35 Å². The maximum absolute atomic E-state index is 12.7. The molecule has 4 N–H and O–H groups in total. The Morgan fingerprint density at radius 2 is 1.85 bits per heavy atom. The third-order valence-electron chi connectivity index (χ3n) is 5.00. The maximum Gasteiger partial charge on any atom is 0.407 e. The van der Waals surface area contributed by atoms with Gasteiger partial charge in [-0.1, -0.05) is 31.2 Å². The molecule has 0 fully saturated rings. The van der Waals surface area contributed by atoms with Crippen molar-refractivity contribution in [3.05, 3.63) is 71.1 Å². The van der Waals surface area contributed by atoms with Gasteiger partial charge in [-0.05, 0) is 53.8 Å². The number of benzene rings is 2. The van der Waals surface area contributed by atoms with E-state index in [2.05, 4.69) is 10.6 Å². The number of ether oxygens (including phenoxy) is 1. The van der Waals surface area contributed by atoms with Gasteiger partial charge < -0.3 is 25.6 Å². The lowest BCUT2D eigenvalue weighted by Gasteiger charge is -2.16. The molecule has 3 aromatic rings. The first-order valence-electron chi connectivity index (χ1n) is 10.8. The van der Waals surface area contributed by atoms with Crippen molar-refractivity contribution in [2.24, 2.45) is 0 Å². The average Bonchev–Trinajstić information content (AvgIpc) is 3.38. The van der Waals surface area contributed by atoms with Crippen molar-refractivity contribution < 1.29 is 23.4 Å². The van der Waals surface area contributed by atoms with Crippen molar-refractivity contribution in [1.82, 2.24) is 5.32 Å². The van der Waals surface area contributed by atoms with Crippen molar-refractivity contribution in [3.8, 4) is 10.4 Å². The summed E-state index contributed by atoms with van der Waals surface area (Å²) in [6, 6.07) is 16.3. The van der Waals surface area contributed by atoms with Gasteiger partial charge in [-0.3, -0.25) is 9.36 Å². The van der Waals surface area contributed by atoms with Crippen molar-refractivity contribution >= 4 is 42.1 Å². The standard InChI is InChI=1S/C24H28N3O5PS/c1-3-32-33(30,4-2)16-31-24(29)26-15-17-7-9-18(10-8-17)23(28)27-21-14-19(11-12-20(21)25)22-6-5-13-34-22/h5-14H,3-4,15-16,25H2,1-2H3,(H,26,29)(H,27,28). The summed E-state index contributed by atoms with van der Waals surface area (Å²) in [6.45, 7) is 3.96. The summed E-state index contributed by atoms with van der Waals surface area (Å²) in [7, 11) is -2.95. The maximum atomic E-state index is 12.7. The molecular formula is C24H28N3O5PS. The lowest BCUT2D eigenvalue weighted by molar-refractivity contribution is 0.102. The van der Waals surface area contributed by atoms with Gasteiger partial charge in [-0.2, -0.15) is 0 Å². The number of carbonyl (C=O) groups is 2. The number of alkyl carbamates (subject to hydrolysis) is 1. The fourth-order valence-electron chi connectivity index (χ4n) is 3.07. The molecule has 2 aromatic carbocycles. The molecule has 0 saturated carbocycles. The molecular weight excluding hydrogens is 473 g/mol. The highest BCUT2D eigenvalue weighted by molar-refractivity contribution is 7.58. The van der Waals surface area contributed by atoms with E-state index in [1.165, 1.54) is 0 Å². The molecule has 0 aliphatic carbocycles. The molecule has 8 nitrogen and oxygen atoms in total. The van der Waals surface area contributed by atoms with E-state index in [-0.39, 0.29) is 18.8 Å². The summed E-state index contributed by atoms with van der Waals surface area (Å²) in [5.74, 6) is -0.291. The second-order valence-electron chi connectivity index (χ2n) is 7.39. The summed E-state index contributed by atoms with van der Waals surface area (Å²) in [6.07, 6.45) is -0.655. The van der Waals surface area contributed by atoms with Crippen LogP contribution in [0.15, 0.2) is 60.0 Å². The van der Waals surface area contributed by atoms with E-state index in [9.17, 15) is 14.2 Å². The first kappa shape index (κ1) is 25.5. The van der Waals surface area contributed by atoms with Gasteiger partial charge in [-0.15, -0.1) is 11.3 Å². The number of nitrogens with two attached hydrogens (primary N) is 1. The fraction of sp³-hybridized carbons (Fsp3) is 0.250. The summed E-state index contributed by atoms with van der Waals surface area (Å²) >= 11 is 1.61. The predicted molar refractivity (Wildman–Crippen MR) is 137 cm³/mol. The zero-order chi connectivity index (χ0) is 24.6. The summed E-state index contributed by atoms with van der Waals surface area (Å²) in [5.41, 5.74) is 9.27. The number of thiophene rings is 1. The quantitative estimate of drug-likeness (QED) is 0.240. The summed E-state index contributed by atoms with van der Waals surface area (Å²) in [5, 5.41) is 7.45. The van der Waals surface area contributed by atoms with Crippen LogP contribution in [0.4, 0.5) is 16.2 Å². The van der Waals surface area contributed by atoms with Crippen molar-refractivity contribution in [2.75, 3.05) is 30.2 Å². The van der Waals surface area contributed by atoms with Gasteiger partial charge >= 0.3 is 6.09 Å². The fourth-order valence-corrected chi connectivity index (χ4v) is 5.01. The van der Waals surface area contributed by atoms with Gasteiger partial charge in [-0.25, -0.2) is 4.79 Å². The van der Waals surface area contributed by atoms with Crippen molar-refractivity contribution in [2.45, 2.75) is 20.4 Å². The summed E-state index contributed by atoms with van der Waals surface area (Å²) < 4.78 is 22.6. The van der Waals surface area contributed by atoms with E-state index < -0.39 is 13.5 Å². The molecule has 1 atom stereocenters. The topological polar surface area (TPSA) is 120 Å². The van der Waals surface area contributed by atoms with E-state index >= 15 is 0 Å². The van der Waals surface area contributed by atoms with E-state index in [1.807, 2.05) is 29.6 Å². The Hall–Kier alpha value is -3.13. The van der Waals surface area contributed by atoms with Gasteiger partial charge in [0.1, 0.15) is 0 Å². The first-order chi connectivity index (χ1) is 16.3. The van der Waals surface area contributed by atoms with Gasteiger partial charge in [0.2, 0.25) is 7.37 Å². The molecule has 0 radical (unpaired) electrons. The Kier molecular flexibility index (Phi) is 8.87. The van der Waals surface area contributed by atoms with E-state index in [0.717, 1.165) is 16.0 Å². The van der Waals surface area contributed by atoms with Crippen LogP contribution in [0.3, 0.4) is 0 Å². The third-order valence-corrected chi connectivity index (χ3v) is 8.13. The number of nitrogen functional groups attached to an aromatic ring is 1. The van der Waals surface area contributed by atoms with Crippen LogP contribution < -0.4 is 16.4 Å². The van der Waals surface area contributed by atoms with Crippen molar-refractivity contribution in [3.63, 3.8) is 0 Å². The molecule has 1 unspecified atom stereocenters. The Morgan fingerprint density at radius 1 is 1.09 bits per heavy atom. The molecule has 2 amide bonds. The second-order valence-corrected chi connectivity index (χ2v) is 11.1. The van der Waals surface area contributed by atoms with Crippen LogP contribution >= 0.6 is 18.7 Å². The average molecular weight is 502 g/mol. The normalized spacial score (nSPS) is 12.5. The predicted octanol–water partition coefficient (Wildman–Crippen LogP) is 5.77. The third kappa shape index (κ3) is 6.93. The lowest BCUT2D eigenvalue weighted by atomic mass is 10.1. The molecule has 1 heterocycles. The van der Waals surface area contributed by atoms with E-state index in [4.69, 9.17) is 15.0 Å². The molecule has 0 aliphatic heterocycles.